The second-order valence-corrected chi connectivity index (χ2v) is 9.26. The molecule has 1 amide bonds. The van der Waals surface area contributed by atoms with Gasteiger partial charge in [0.1, 0.15) is 6.54 Å². The fraction of sp³-hybridized carbons (Fsp3) is 0.176. The molecule has 0 unspecified atom stereocenters. The van der Waals surface area contributed by atoms with Crippen LogP contribution in [-0.2, 0) is 19.6 Å². The smallest absolute Gasteiger partial charge is 0.339 e. The van der Waals surface area contributed by atoms with E-state index in [-0.39, 0.29) is 37.0 Å². The molecule has 0 radical (unpaired) electrons. The molecule has 0 heterocycles. The lowest BCUT2D eigenvalue weighted by Gasteiger charge is -2.23. The molecule has 0 aliphatic rings. The van der Waals surface area contributed by atoms with Crippen LogP contribution in [0.1, 0.15) is 10.4 Å². The molecule has 1 N–H and O–H groups in total. The fourth-order valence-corrected chi connectivity index (χ4v) is 4.03. The molecule has 0 aliphatic carbocycles. The lowest BCUT2D eigenvalue weighted by Crippen LogP contribution is -2.37. The van der Waals surface area contributed by atoms with Crippen LogP contribution < -0.4 is 9.62 Å². The number of rotatable bonds is 6. The highest BCUT2D eigenvalue weighted by Gasteiger charge is 2.24. The predicted octanol–water partition coefficient (Wildman–Crippen LogP) is 4.49. The van der Waals surface area contributed by atoms with Crippen molar-refractivity contribution in [3.05, 3.63) is 56.0 Å². The van der Waals surface area contributed by atoms with Gasteiger partial charge in [0.05, 0.1) is 44.7 Å². The van der Waals surface area contributed by atoms with E-state index in [1.807, 2.05) is 0 Å². The molecular formula is C17H14Cl4N2O5S. The van der Waals surface area contributed by atoms with Crippen molar-refractivity contribution >= 4 is 79.7 Å². The summed E-state index contributed by atoms with van der Waals surface area (Å²) < 4.78 is 29.9. The van der Waals surface area contributed by atoms with Crippen molar-refractivity contribution in [1.82, 2.24) is 0 Å². The number of carbonyl (C=O) groups is 2. The zero-order valence-corrected chi connectivity index (χ0v) is 18.8. The molecule has 0 bridgehead atoms. The number of nitrogens with one attached hydrogen (secondary N) is 1. The van der Waals surface area contributed by atoms with Crippen LogP contribution in [0.2, 0.25) is 20.1 Å². The molecular weight excluding hydrogens is 486 g/mol. The van der Waals surface area contributed by atoms with Gasteiger partial charge in [-0.25, -0.2) is 13.2 Å². The zero-order valence-electron chi connectivity index (χ0n) is 15.0. The number of ether oxygens (including phenoxy) is 1. The third-order valence-corrected chi connectivity index (χ3v) is 6.08. The highest BCUT2D eigenvalue weighted by atomic mass is 35.5. The average Bonchev–Trinajstić information content (AvgIpc) is 2.63. The minimum atomic E-state index is -3.90. The third-order valence-electron chi connectivity index (χ3n) is 3.60. The molecule has 12 heteroatoms. The Morgan fingerprint density at radius 3 is 2.21 bits per heavy atom. The van der Waals surface area contributed by atoms with Gasteiger partial charge in [-0.15, -0.1) is 0 Å². The van der Waals surface area contributed by atoms with E-state index in [1.165, 1.54) is 37.4 Å². The van der Waals surface area contributed by atoms with E-state index < -0.39 is 28.4 Å². The summed E-state index contributed by atoms with van der Waals surface area (Å²) >= 11 is 23.8. The van der Waals surface area contributed by atoms with Crippen LogP contribution in [0.5, 0.6) is 0 Å². The van der Waals surface area contributed by atoms with Gasteiger partial charge in [0.2, 0.25) is 15.9 Å². The van der Waals surface area contributed by atoms with Gasteiger partial charge in [-0.3, -0.25) is 9.10 Å². The quantitative estimate of drug-likeness (QED) is 0.466. The number of sulfonamides is 1. The summed E-state index contributed by atoms with van der Waals surface area (Å²) in [5.74, 6) is -1.39. The Bertz CT molecular complexity index is 1080. The Balaban J connectivity index is 2.31. The number of amides is 1. The summed E-state index contributed by atoms with van der Waals surface area (Å²) in [4.78, 5) is 24.2. The molecule has 0 aliphatic heterocycles. The van der Waals surface area contributed by atoms with Gasteiger partial charge in [0.15, 0.2) is 0 Å². The summed E-state index contributed by atoms with van der Waals surface area (Å²) in [6, 6.07) is 6.68. The van der Waals surface area contributed by atoms with Gasteiger partial charge in [-0.1, -0.05) is 46.4 Å². The van der Waals surface area contributed by atoms with Gasteiger partial charge in [0.25, 0.3) is 0 Å². The Labute approximate surface area is 187 Å². The highest BCUT2D eigenvalue weighted by molar-refractivity contribution is 7.92. The van der Waals surface area contributed by atoms with E-state index in [0.717, 1.165) is 10.6 Å². The predicted molar refractivity (Wildman–Crippen MR) is 115 cm³/mol. The summed E-state index contributed by atoms with van der Waals surface area (Å²) in [6.07, 6.45) is 0.913. The SMILES string of the molecule is COC(=O)c1cc(NC(=O)CN(c2cc(Cl)c(Cl)cc2Cl)S(C)(=O)=O)ccc1Cl. The normalized spacial score (nSPS) is 11.1. The fourth-order valence-electron chi connectivity index (χ4n) is 2.28. The van der Waals surface area contributed by atoms with Crippen molar-refractivity contribution in [3.63, 3.8) is 0 Å². The third kappa shape index (κ3) is 5.90. The first-order valence-electron chi connectivity index (χ1n) is 7.74. The molecule has 29 heavy (non-hydrogen) atoms. The molecule has 2 aromatic rings. The molecule has 7 nitrogen and oxygen atoms in total. The zero-order chi connectivity index (χ0) is 21.9. The summed E-state index contributed by atoms with van der Waals surface area (Å²) in [7, 11) is -2.71. The lowest BCUT2D eigenvalue weighted by molar-refractivity contribution is -0.114. The number of hydrogen-bond donors (Lipinski definition) is 1. The minimum Gasteiger partial charge on any atom is -0.465 e. The number of halogens is 4. The van der Waals surface area contributed by atoms with Crippen molar-refractivity contribution < 1.29 is 22.7 Å². The largest absolute Gasteiger partial charge is 0.465 e. The van der Waals surface area contributed by atoms with Crippen LogP contribution in [0.4, 0.5) is 11.4 Å². The Morgan fingerprint density at radius 2 is 1.62 bits per heavy atom. The number of benzene rings is 2. The number of methoxy groups -OCH3 is 1. The van der Waals surface area contributed by atoms with Crippen LogP contribution in [0.25, 0.3) is 0 Å². The number of nitrogens with zero attached hydrogens (tertiary/aromatic N) is 1. The molecule has 0 atom stereocenters. The Hall–Kier alpha value is -1.71. The average molecular weight is 500 g/mol. The van der Waals surface area contributed by atoms with E-state index in [2.05, 4.69) is 10.1 Å². The van der Waals surface area contributed by atoms with Crippen LogP contribution >= 0.6 is 46.4 Å². The molecule has 0 aromatic heterocycles. The van der Waals surface area contributed by atoms with Gasteiger partial charge in [0, 0.05) is 5.69 Å². The van der Waals surface area contributed by atoms with E-state index in [1.54, 1.807) is 0 Å². The second kappa shape index (κ2) is 9.40. The Kier molecular flexibility index (Phi) is 7.64. The molecule has 0 spiro atoms. The molecule has 0 saturated heterocycles. The number of esters is 1. The Morgan fingerprint density at radius 1 is 1.00 bits per heavy atom. The number of carbonyl (C=O) groups excluding carboxylic acids is 2. The van der Waals surface area contributed by atoms with Crippen molar-refractivity contribution in [2.24, 2.45) is 0 Å². The monoisotopic (exact) mass is 498 g/mol. The number of hydrogen-bond acceptors (Lipinski definition) is 5. The van der Waals surface area contributed by atoms with E-state index >= 15 is 0 Å². The first kappa shape index (κ1) is 23.6. The van der Waals surface area contributed by atoms with Crippen molar-refractivity contribution in [2.75, 3.05) is 29.5 Å². The molecule has 0 fully saturated rings. The maximum Gasteiger partial charge on any atom is 0.339 e. The lowest BCUT2D eigenvalue weighted by atomic mass is 10.2. The van der Waals surface area contributed by atoms with Gasteiger partial charge in [-0.2, -0.15) is 0 Å². The van der Waals surface area contributed by atoms with Crippen molar-refractivity contribution in [3.8, 4) is 0 Å². The first-order chi connectivity index (χ1) is 13.4. The van der Waals surface area contributed by atoms with Crippen molar-refractivity contribution in [2.45, 2.75) is 0 Å². The first-order valence-corrected chi connectivity index (χ1v) is 11.1. The maximum absolute atomic E-state index is 12.5. The summed E-state index contributed by atoms with van der Waals surface area (Å²) in [6.45, 7) is -0.604. The molecule has 0 saturated carbocycles. The van der Waals surface area contributed by atoms with Crippen LogP contribution in [0.15, 0.2) is 30.3 Å². The summed E-state index contributed by atoms with van der Waals surface area (Å²) in [5, 5.41) is 2.83. The van der Waals surface area contributed by atoms with Crippen molar-refractivity contribution in [1.29, 1.82) is 0 Å². The molecule has 2 rings (SSSR count). The standard InChI is InChI=1S/C17H14Cl4N2O5S/c1-28-17(25)10-5-9(3-4-11(10)18)22-16(24)8-23(29(2,26)27)15-7-13(20)12(19)6-14(15)21/h3-7H,8H2,1-2H3,(H,22,24). The topological polar surface area (TPSA) is 92.8 Å². The van der Waals surface area contributed by atoms with Gasteiger partial charge in [-0.05, 0) is 30.3 Å². The van der Waals surface area contributed by atoms with E-state index in [0.29, 0.717) is 0 Å². The van der Waals surface area contributed by atoms with Crippen LogP contribution in [-0.4, -0.2) is 40.2 Å². The second-order valence-electron chi connectivity index (χ2n) is 5.72. The minimum absolute atomic E-state index is 0.00269. The van der Waals surface area contributed by atoms with Gasteiger partial charge >= 0.3 is 5.97 Å². The summed E-state index contributed by atoms with van der Waals surface area (Å²) in [5.41, 5.74) is 0.248. The maximum atomic E-state index is 12.5. The molecule has 2 aromatic carbocycles. The number of anilines is 2. The highest BCUT2D eigenvalue weighted by Crippen LogP contribution is 2.35. The van der Waals surface area contributed by atoms with Crippen LogP contribution in [0.3, 0.4) is 0 Å². The van der Waals surface area contributed by atoms with E-state index in [9.17, 15) is 18.0 Å². The van der Waals surface area contributed by atoms with Gasteiger partial charge < -0.3 is 10.1 Å². The van der Waals surface area contributed by atoms with Crippen LogP contribution in [0, 0.1) is 0 Å². The van der Waals surface area contributed by atoms with E-state index in [4.69, 9.17) is 46.4 Å². The molecule has 156 valence electrons.